The molecule has 0 saturated heterocycles. The summed E-state index contributed by atoms with van der Waals surface area (Å²) in [4.78, 5) is 8.70. The van der Waals surface area contributed by atoms with Crippen LogP contribution in [0.3, 0.4) is 0 Å². The van der Waals surface area contributed by atoms with Crippen molar-refractivity contribution in [2.24, 2.45) is 0 Å². The van der Waals surface area contributed by atoms with E-state index in [0.29, 0.717) is 11.1 Å². The lowest BCUT2D eigenvalue weighted by Gasteiger charge is -2.21. The topological polar surface area (TPSA) is 31.4 Å². The molecule has 0 radical (unpaired) electrons. The van der Waals surface area contributed by atoms with E-state index < -0.39 is 0 Å². The van der Waals surface area contributed by atoms with Gasteiger partial charge in [-0.05, 0) is 25.7 Å². The Kier molecular flexibility index (Phi) is 6.55. The largest absolute Gasteiger partial charge is 0.357 e. The molecule has 1 aromatic rings. The molecule has 0 aromatic carbocycles. The minimum absolute atomic E-state index is 0.459. The van der Waals surface area contributed by atoms with Crippen LogP contribution < -0.4 is 10.2 Å². The van der Waals surface area contributed by atoms with E-state index in [1.165, 1.54) is 0 Å². The van der Waals surface area contributed by atoms with E-state index >= 15 is 0 Å². The van der Waals surface area contributed by atoms with Crippen LogP contribution in [0, 0.1) is 0 Å². The lowest BCUT2D eigenvalue weighted by atomic mass is 10.2. The predicted octanol–water partition coefficient (Wildman–Crippen LogP) is 2.23. The SMILES string of the molecule is CC(C)NCc1cnc(N(C)CCN(C)C)c(Cl)c1. The van der Waals surface area contributed by atoms with Crippen molar-refractivity contribution < 1.29 is 0 Å². The molecule has 4 nitrogen and oxygen atoms in total. The second kappa shape index (κ2) is 7.68. The Morgan fingerprint density at radius 1 is 1.26 bits per heavy atom. The van der Waals surface area contributed by atoms with Gasteiger partial charge in [-0.2, -0.15) is 0 Å². The van der Waals surface area contributed by atoms with Gasteiger partial charge in [0.1, 0.15) is 5.82 Å². The lowest BCUT2D eigenvalue weighted by Crippen LogP contribution is -2.29. The molecule has 1 N–H and O–H groups in total. The molecule has 0 saturated carbocycles. The quantitative estimate of drug-likeness (QED) is 0.832. The van der Waals surface area contributed by atoms with E-state index in [1.54, 1.807) is 0 Å². The van der Waals surface area contributed by atoms with Gasteiger partial charge in [-0.15, -0.1) is 0 Å². The summed E-state index contributed by atoms with van der Waals surface area (Å²) in [5.74, 6) is 0.844. The molecule has 0 spiro atoms. The third-order valence-electron chi connectivity index (χ3n) is 2.84. The molecule has 1 aromatic heterocycles. The molecule has 5 heteroatoms. The Hall–Kier alpha value is -0.840. The summed E-state index contributed by atoms with van der Waals surface area (Å²) < 4.78 is 0. The molecule has 19 heavy (non-hydrogen) atoms. The predicted molar refractivity (Wildman–Crippen MR) is 83.0 cm³/mol. The normalized spacial score (nSPS) is 11.4. The van der Waals surface area contributed by atoms with Crippen LogP contribution in [0.2, 0.25) is 5.02 Å². The minimum Gasteiger partial charge on any atom is -0.357 e. The maximum absolute atomic E-state index is 6.31. The van der Waals surface area contributed by atoms with E-state index in [-0.39, 0.29) is 0 Å². The average molecular weight is 285 g/mol. The van der Waals surface area contributed by atoms with Crippen molar-refractivity contribution in [3.63, 3.8) is 0 Å². The van der Waals surface area contributed by atoms with Crippen LogP contribution in [0.15, 0.2) is 12.3 Å². The number of hydrogen-bond acceptors (Lipinski definition) is 4. The summed E-state index contributed by atoms with van der Waals surface area (Å²) in [7, 11) is 6.14. The van der Waals surface area contributed by atoms with Gasteiger partial charge in [0.2, 0.25) is 0 Å². The zero-order valence-corrected chi connectivity index (χ0v) is 13.3. The average Bonchev–Trinajstić information content (AvgIpc) is 2.33. The highest BCUT2D eigenvalue weighted by atomic mass is 35.5. The number of likely N-dealkylation sites (N-methyl/N-ethyl adjacent to an activating group) is 2. The molecule has 0 unspecified atom stereocenters. The van der Waals surface area contributed by atoms with Gasteiger partial charge in [-0.25, -0.2) is 4.98 Å². The second-order valence-electron chi connectivity index (χ2n) is 5.41. The van der Waals surface area contributed by atoms with Crippen LogP contribution in [0.5, 0.6) is 0 Å². The fourth-order valence-corrected chi connectivity index (χ4v) is 1.96. The van der Waals surface area contributed by atoms with Crippen molar-refractivity contribution in [2.75, 3.05) is 39.1 Å². The molecule has 108 valence electrons. The number of halogens is 1. The molecule has 0 aliphatic carbocycles. The van der Waals surface area contributed by atoms with Crippen LogP contribution in [0.25, 0.3) is 0 Å². The van der Waals surface area contributed by atoms with Crippen LogP contribution in [-0.4, -0.2) is 50.2 Å². The Balaban J connectivity index is 2.65. The van der Waals surface area contributed by atoms with Gasteiger partial charge < -0.3 is 15.1 Å². The Morgan fingerprint density at radius 2 is 1.95 bits per heavy atom. The first-order valence-corrected chi connectivity index (χ1v) is 7.01. The summed E-state index contributed by atoms with van der Waals surface area (Å²) in [5, 5.41) is 4.07. The van der Waals surface area contributed by atoms with Crippen molar-refractivity contribution in [1.29, 1.82) is 0 Å². The van der Waals surface area contributed by atoms with Crippen molar-refractivity contribution in [3.8, 4) is 0 Å². The van der Waals surface area contributed by atoms with Gasteiger partial charge in [-0.1, -0.05) is 25.4 Å². The molecule has 0 atom stereocenters. The van der Waals surface area contributed by atoms with Crippen LogP contribution in [-0.2, 0) is 6.54 Å². The number of aromatic nitrogens is 1. The zero-order chi connectivity index (χ0) is 14.4. The Morgan fingerprint density at radius 3 is 2.47 bits per heavy atom. The summed E-state index contributed by atoms with van der Waals surface area (Å²) in [6.07, 6.45) is 1.89. The highest BCUT2D eigenvalue weighted by molar-refractivity contribution is 6.33. The van der Waals surface area contributed by atoms with E-state index in [0.717, 1.165) is 31.0 Å². The molecule has 1 rings (SSSR count). The first-order chi connectivity index (χ1) is 8.90. The van der Waals surface area contributed by atoms with Gasteiger partial charge in [0.15, 0.2) is 0 Å². The Labute approximate surface area is 121 Å². The molecular formula is C14H25ClN4. The summed E-state index contributed by atoms with van der Waals surface area (Å²) in [6.45, 7) is 6.93. The number of rotatable bonds is 7. The summed E-state index contributed by atoms with van der Waals surface area (Å²) >= 11 is 6.31. The van der Waals surface area contributed by atoms with Crippen LogP contribution >= 0.6 is 11.6 Å². The molecule has 0 bridgehead atoms. The van der Waals surface area contributed by atoms with E-state index in [9.17, 15) is 0 Å². The van der Waals surface area contributed by atoms with E-state index in [2.05, 4.69) is 48.0 Å². The third-order valence-corrected chi connectivity index (χ3v) is 3.12. The van der Waals surface area contributed by atoms with Gasteiger partial charge in [-0.3, -0.25) is 0 Å². The summed E-state index contributed by atoms with van der Waals surface area (Å²) in [5.41, 5.74) is 1.11. The van der Waals surface area contributed by atoms with Crippen molar-refractivity contribution in [1.82, 2.24) is 15.2 Å². The third kappa shape index (κ3) is 5.76. The molecule has 0 fully saturated rings. The van der Waals surface area contributed by atoms with Gasteiger partial charge in [0.25, 0.3) is 0 Å². The van der Waals surface area contributed by atoms with Crippen molar-refractivity contribution in [3.05, 3.63) is 22.8 Å². The number of nitrogens with zero attached hydrogens (tertiary/aromatic N) is 3. The lowest BCUT2D eigenvalue weighted by molar-refractivity contribution is 0.416. The first-order valence-electron chi connectivity index (χ1n) is 6.63. The maximum atomic E-state index is 6.31. The van der Waals surface area contributed by atoms with E-state index in [1.807, 2.05) is 19.3 Å². The molecule has 0 aliphatic heterocycles. The number of anilines is 1. The smallest absolute Gasteiger partial charge is 0.147 e. The monoisotopic (exact) mass is 284 g/mol. The molecular weight excluding hydrogens is 260 g/mol. The van der Waals surface area contributed by atoms with Crippen molar-refractivity contribution in [2.45, 2.75) is 26.4 Å². The number of hydrogen-bond donors (Lipinski definition) is 1. The maximum Gasteiger partial charge on any atom is 0.147 e. The highest BCUT2D eigenvalue weighted by Crippen LogP contribution is 2.23. The molecule has 1 heterocycles. The minimum atomic E-state index is 0.459. The standard InChI is InChI=1S/C14H25ClN4/c1-11(2)16-9-12-8-13(15)14(17-10-12)19(5)7-6-18(3)4/h8,10-11,16H,6-7,9H2,1-5H3. The zero-order valence-electron chi connectivity index (χ0n) is 12.6. The number of pyridine rings is 1. The van der Waals surface area contributed by atoms with Crippen LogP contribution in [0.4, 0.5) is 5.82 Å². The molecule has 0 aliphatic rings. The van der Waals surface area contributed by atoms with Crippen LogP contribution in [0.1, 0.15) is 19.4 Å². The highest BCUT2D eigenvalue weighted by Gasteiger charge is 2.09. The van der Waals surface area contributed by atoms with Crippen molar-refractivity contribution >= 4 is 17.4 Å². The second-order valence-corrected chi connectivity index (χ2v) is 5.82. The van der Waals surface area contributed by atoms with Gasteiger partial charge in [0, 0.05) is 38.9 Å². The Bertz CT molecular complexity index is 393. The van der Waals surface area contributed by atoms with Gasteiger partial charge >= 0.3 is 0 Å². The number of nitrogens with one attached hydrogen (secondary N) is 1. The fourth-order valence-electron chi connectivity index (χ4n) is 1.63. The van der Waals surface area contributed by atoms with E-state index in [4.69, 9.17) is 11.6 Å². The van der Waals surface area contributed by atoms with Gasteiger partial charge in [0.05, 0.1) is 5.02 Å². The molecule has 0 amide bonds. The fraction of sp³-hybridized carbons (Fsp3) is 0.643. The summed E-state index contributed by atoms with van der Waals surface area (Å²) in [6, 6.07) is 2.45. The first kappa shape index (κ1) is 16.2.